The lowest BCUT2D eigenvalue weighted by Crippen LogP contribution is -2.20. The molecular formula is C36H45N3O4. The molecule has 228 valence electrons. The van der Waals surface area contributed by atoms with Crippen LogP contribution in [0.25, 0.3) is 34.2 Å². The van der Waals surface area contributed by atoms with Gasteiger partial charge in [0.05, 0.1) is 18.8 Å². The average molecular weight is 584 g/mol. The Labute approximate surface area is 256 Å². The number of benzene rings is 3. The molecule has 0 amide bonds. The summed E-state index contributed by atoms with van der Waals surface area (Å²) in [6.07, 6.45) is 3.92. The Hall–Kier alpha value is -3.81. The summed E-state index contributed by atoms with van der Waals surface area (Å²) in [7, 11) is 0. The maximum absolute atomic E-state index is 11.0. The number of ether oxygens (including phenoxy) is 2. The summed E-state index contributed by atoms with van der Waals surface area (Å²) in [6.45, 7) is 13.3. The molecular weight excluding hydrogens is 538 g/mol. The molecule has 0 spiro atoms. The molecule has 43 heavy (non-hydrogen) atoms. The van der Waals surface area contributed by atoms with Crippen molar-refractivity contribution < 1.29 is 19.7 Å². The summed E-state index contributed by atoms with van der Waals surface area (Å²) < 4.78 is 11.5. The molecule has 0 radical (unpaired) electrons. The van der Waals surface area contributed by atoms with Crippen molar-refractivity contribution in [3.63, 3.8) is 0 Å². The zero-order valence-corrected chi connectivity index (χ0v) is 26.4. The van der Waals surface area contributed by atoms with Crippen molar-refractivity contribution in [1.29, 1.82) is 0 Å². The highest BCUT2D eigenvalue weighted by molar-refractivity contribution is 5.72. The fourth-order valence-corrected chi connectivity index (χ4v) is 5.16. The summed E-state index contributed by atoms with van der Waals surface area (Å²) in [4.78, 5) is 14.5. The summed E-state index contributed by atoms with van der Waals surface area (Å²) in [5.41, 5.74) is 6.76. The van der Waals surface area contributed by atoms with Gasteiger partial charge in [-0.1, -0.05) is 80.6 Å². The van der Waals surface area contributed by atoms with Crippen LogP contribution in [0.15, 0.2) is 54.6 Å². The number of hydrogen-bond donors (Lipinski definition) is 2. The van der Waals surface area contributed by atoms with E-state index in [1.807, 2.05) is 38.1 Å². The van der Waals surface area contributed by atoms with Gasteiger partial charge in [0.2, 0.25) is 0 Å². The number of unbranched alkanes of at least 4 members (excludes halogenated alkanes) is 1. The molecule has 0 aliphatic rings. The van der Waals surface area contributed by atoms with Crippen LogP contribution in [0, 0.1) is 33.6 Å². The van der Waals surface area contributed by atoms with Crippen LogP contribution in [0.4, 0.5) is 0 Å². The first-order chi connectivity index (χ1) is 20.7. The van der Waals surface area contributed by atoms with Crippen molar-refractivity contribution in [2.45, 2.75) is 79.9 Å². The molecule has 2 N–H and O–H groups in total. The fourth-order valence-electron chi connectivity index (χ4n) is 5.16. The number of aromatic hydroxyl groups is 1. The molecule has 2 unspecified atom stereocenters. The molecule has 0 aliphatic carbocycles. The third kappa shape index (κ3) is 8.62. The summed E-state index contributed by atoms with van der Waals surface area (Å²) in [6, 6.07) is 17.4. The van der Waals surface area contributed by atoms with Gasteiger partial charge in [-0.25, -0.2) is 15.0 Å². The number of hydrogen-bond acceptors (Lipinski definition) is 7. The topological polar surface area (TPSA) is 97.6 Å². The van der Waals surface area contributed by atoms with Crippen LogP contribution in [0.2, 0.25) is 0 Å². The molecule has 7 nitrogen and oxygen atoms in total. The van der Waals surface area contributed by atoms with Gasteiger partial charge in [0.1, 0.15) is 11.5 Å². The van der Waals surface area contributed by atoms with Crippen LogP contribution >= 0.6 is 0 Å². The number of aryl methyl sites for hydroxylation is 4. The van der Waals surface area contributed by atoms with E-state index in [1.54, 1.807) is 18.2 Å². The first-order valence-corrected chi connectivity index (χ1v) is 15.4. The van der Waals surface area contributed by atoms with Crippen molar-refractivity contribution in [3.05, 3.63) is 76.9 Å². The molecule has 0 aliphatic heterocycles. The third-order valence-electron chi connectivity index (χ3n) is 7.79. The number of aromatic nitrogens is 3. The molecule has 3 aromatic carbocycles. The molecule has 4 aromatic rings. The highest BCUT2D eigenvalue weighted by Gasteiger charge is 2.18. The van der Waals surface area contributed by atoms with E-state index in [9.17, 15) is 10.2 Å². The van der Waals surface area contributed by atoms with E-state index >= 15 is 0 Å². The Balaban J connectivity index is 1.54. The molecule has 0 saturated carbocycles. The number of aliphatic hydroxyl groups is 1. The number of phenols is 1. The van der Waals surface area contributed by atoms with E-state index in [2.05, 4.69) is 39.8 Å². The Bertz CT molecular complexity index is 1450. The molecule has 7 heteroatoms. The average Bonchev–Trinajstić information content (AvgIpc) is 2.97. The zero-order chi connectivity index (χ0) is 30.9. The first-order valence-electron chi connectivity index (χ1n) is 15.4. The monoisotopic (exact) mass is 583 g/mol. The second kappa shape index (κ2) is 15.1. The van der Waals surface area contributed by atoms with Crippen LogP contribution in [0.5, 0.6) is 11.5 Å². The zero-order valence-electron chi connectivity index (χ0n) is 26.4. The molecule has 0 bridgehead atoms. The van der Waals surface area contributed by atoms with Gasteiger partial charge in [-0.2, -0.15) is 0 Å². The van der Waals surface area contributed by atoms with Crippen molar-refractivity contribution in [2.24, 2.45) is 5.92 Å². The minimum atomic E-state index is -0.888. The fraction of sp³-hybridized carbons (Fsp3) is 0.417. The van der Waals surface area contributed by atoms with E-state index in [-0.39, 0.29) is 12.4 Å². The molecule has 2 atom stereocenters. The van der Waals surface area contributed by atoms with Gasteiger partial charge in [-0.15, -0.1) is 0 Å². The standard InChI is InChI=1S/C36H45N3O4/c1-7-9-10-27(8-2)22-43-33(41)17-18-42-28-13-16-31(32(40)21-28)36-38-34(29-14-11-23(3)19-25(29)5)37-35(39-36)30-15-12-24(4)20-26(30)6/h11-16,19-21,27,33,40-41H,7-10,17-18,22H2,1-6H3. The molecule has 1 heterocycles. The largest absolute Gasteiger partial charge is 0.507 e. The van der Waals surface area contributed by atoms with Crippen LogP contribution < -0.4 is 4.74 Å². The number of rotatable bonds is 14. The minimum Gasteiger partial charge on any atom is -0.507 e. The van der Waals surface area contributed by atoms with E-state index in [0.29, 0.717) is 47.7 Å². The van der Waals surface area contributed by atoms with Gasteiger partial charge in [0.25, 0.3) is 0 Å². The van der Waals surface area contributed by atoms with Gasteiger partial charge < -0.3 is 19.7 Å². The number of nitrogens with zero attached hydrogens (tertiary/aromatic N) is 3. The van der Waals surface area contributed by atoms with Gasteiger partial charge in [0, 0.05) is 23.6 Å². The first kappa shape index (κ1) is 32.1. The van der Waals surface area contributed by atoms with Crippen molar-refractivity contribution in [3.8, 4) is 45.7 Å². The van der Waals surface area contributed by atoms with Gasteiger partial charge in [-0.3, -0.25) is 0 Å². The lowest BCUT2D eigenvalue weighted by molar-refractivity contribution is -0.118. The van der Waals surface area contributed by atoms with Crippen LogP contribution in [-0.4, -0.2) is 44.7 Å². The maximum atomic E-state index is 11.0. The Morgan fingerprint density at radius 2 is 1.28 bits per heavy atom. The van der Waals surface area contributed by atoms with Gasteiger partial charge in [0.15, 0.2) is 23.8 Å². The second-order valence-electron chi connectivity index (χ2n) is 11.5. The van der Waals surface area contributed by atoms with E-state index in [4.69, 9.17) is 24.4 Å². The number of phenolic OH excluding ortho intramolecular Hbond substituents is 1. The SMILES string of the molecule is CCCCC(CC)COC(O)CCOc1ccc(-c2nc(-c3ccc(C)cc3C)nc(-c3ccc(C)cc3C)n2)c(O)c1. The predicted octanol–water partition coefficient (Wildman–Crippen LogP) is 8.13. The smallest absolute Gasteiger partial charge is 0.167 e. The van der Waals surface area contributed by atoms with E-state index < -0.39 is 6.29 Å². The molecule has 4 rings (SSSR count). The Morgan fingerprint density at radius 1 is 0.721 bits per heavy atom. The normalized spacial score (nSPS) is 12.7. The molecule has 0 saturated heterocycles. The summed E-state index contributed by atoms with van der Waals surface area (Å²) >= 11 is 0. The second-order valence-corrected chi connectivity index (χ2v) is 11.5. The van der Waals surface area contributed by atoms with Crippen molar-refractivity contribution >= 4 is 0 Å². The molecule has 1 aromatic heterocycles. The van der Waals surface area contributed by atoms with Crippen molar-refractivity contribution in [1.82, 2.24) is 15.0 Å². The van der Waals surface area contributed by atoms with Crippen molar-refractivity contribution in [2.75, 3.05) is 13.2 Å². The Kier molecular flexibility index (Phi) is 11.3. The van der Waals surface area contributed by atoms with Crippen LogP contribution in [-0.2, 0) is 4.74 Å². The quantitative estimate of drug-likeness (QED) is 0.145. The number of aliphatic hydroxyl groups excluding tert-OH is 1. The van der Waals surface area contributed by atoms with E-state index in [1.165, 1.54) is 6.42 Å². The maximum Gasteiger partial charge on any atom is 0.167 e. The minimum absolute atomic E-state index is 0.000339. The highest BCUT2D eigenvalue weighted by atomic mass is 16.6. The van der Waals surface area contributed by atoms with Gasteiger partial charge in [-0.05, 0) is 63.3 Å². The van der Waals surface area contributed by atoms with Crippen LogP contribution in [0.1, 0.15) is 68.2 Å². The summed E-state index contributed by atoms with van der Waals surface area (Å²) in [5.74, 6) is 2.42. The van der Waals surface area contributed by atoms with Crippen LogP contribution in [0.3, 0.4) is 0 Å². The Morgan fingerprint density at radius 3 is 1.79 bits per heavy atom. The third-order valence-corrected chi connectivity index (χ3v) is 7.79. The van der Waals surface area contributed by atoms with Gasteiger partial charge >= 0.3 is 0 Å². The lowest BCUT2D eigenvalue weighted by Gasteiger charge is -2.18. The predicted molar refractivity (Wildman–Crippen MR) is 172 cm³/mol. The van der Waals surface area contributed by atoms with E-state index in [0.717, 1.165) is 52.6 Å². The molecule has 0 fully saturated rings. The lowest BCUT2D eigenvalue weighted by atomic mass is 10.0. The highest BCUT2D eigenvalue weighted by Crippen LogP contribution is 2.34. The summed E-state index contributed by atoms with van der Waals surface area (Å²) in [5, 5.41) is 21.3.